The van der Waals surface area contributed by atoms with Gasteiger partial charge in [-0.05, 0) is 68.0 Å². The SMILES string of the molecule is CCOC(=O)C[C@H](C)c1c(F)c(C)cc(-c2c(C)ccc(OC)c2C)c1F. The molecule has 0 radical (unpaired) electrons. The van der Waals surface area contributed by atoms with Crippen molar-refractivity contribution in [3.05, 3.63) is 52.1 Å². The van der Waals surface area contributed by atoms with Crippen molar-refractivity contribution < 1.29 is 23.0 Å². The van der Waals surface area contributed by atoms with E-state index in [1.165, 1.54) is 6.07 Å². The molecule has 0 aliphatic carbocycles. The molecule has 146 valence electrons. The summed E-state index contributed by atoms with van der Waals surface area (Å²) in [5, 5.41) is 0. The lowest BCUT2D eigenvalue weighted by Gasteiger charge is -2.20. The van der Waals surface area contributed by atoms with Crippen LogP contribution in [0.15, 0.2) is 18.2 Å². The average molecular weight is 376 g/mol. The summed E-state index contributed by atoms with van der Waals surface area (Å²) < 4.78 is 40.5. The predicted molar refractivity (Wildman–Crippen MR) is 102 cm³/mol. The van der Waals surface area contributed by atoms with Gasteiger partial charge in [0.05, 0.1) is 20.1 Å². The van der Waals surface area contributed by atoms with E-state index in [9.17, 15) is 9.18 Å². The Labute approximate surface area is 159 Å². The van der Waals surface area contributed by atoms with Crippen molar-refractivity contribution in [3.8, 4) is 16.9 Å². The standard InChI is InChI=1S/C22H26F2O3/c1-7-27-18(25)11-13(3)20-21(23)14(4)10-16(22(20)24)19-12(2)8-9-17(26-6)15(19)5/h8-10,13H,7,11H2,1-6H3/t13-/m0/s1. The number of hydrogen-bond donors (Lipinski definition) is 0. The van der Waals surface area contributed by atoms with Crippen molar-refractivity contribution in [3.63, 3.8) is 0 Å². The molecule has 0 amide bonds. The zero-order chi connectivity index (χ0) is 20.3. The molecule has 0 aromatic heterocycles. The monoisotopic (exact) mass is 376 g/mol. The topological polar surface area (TPSA) is 35.5 Å². The van der Waals surface area contributed by atoms with Crippen LogP contribution in [0.1, 0.15) is 48.4 Å². The lowest BCUT2D eigenvalue weighted by atomic mass is 9.87. The van der Waals surface area contributed by atoms with Crippen molar-refractivity contribution in [1.82, 2.24) is 0 Å². The van der Waals surface area contributed by atoms with Gasteiger partial charge in [-0.15, -0.1) is 0 Å². The fourth-order valence-electron chi connectivity index (χ4n) is 3.45. The summed E-state index contributed by atoms with van der Waals surface area (Å²) >= 11 is 0. The highest BCUT2D eigenvalue weighted by atomic mass is 19.1. The summed E-state index contributed by atoms with van der Waals surface area (Å²) in [5.74, 6) is -1.74. The van der Waals surface area contributed by atoms with Crippen LogP contribution in [0.3, 0.4) is 0 Å². The van der Waals surface area contributed by atoms with Gasteiger partial charge in [-0.1, -0.05) is 13.0 Å². The second-order valence-electron chi connectivity index (χ2n) is 6.78. The lowest BCUT2D eigenvalue weighted by molar-refractivity contribution is -0.143. The van der Waals surface area contributed by atoms with Crippen molar-refractivity contribution in [2.45, 2.75) is 47.0 Å². The van der Waals surface area contributed by atoms with Crippen LogP contribution in [0, 0.1) is 32.4 Å². The number of benzene rings is 2. The molecule has 0 unspecified atom stereocenters. The van der Waals surface area contributed by atoms with E-state index in [4.69, 9.17) is 9.47 Å². The molecule has 5 heteroatoms. The van der Waals surface area contributed by atoms with Crippen LogP contribution in [-0.2, 0) is 9.53 Å². The molecule has 2 aromatic carbocycles. The summed E-state index contributed by atoms with van der Waals surface area (Å²) in [7, 11) is 1.56. The molecular formula is C22H26F2O3. The molecule has 0 fully saturated rings. The first-order valence-corrected chi connectivity index (χ1v) is 9.01. The van der Waals surface area contributed by atoms with Crippen LogP contribution < -0.4 is 4.74 Å². The van der Waals surface area contributed by atoms with E-state index >= 15 is 4.39 Å². The summed E-state index contributed by atoms with van der Waals surface area (Å²) in [6.07, 6.45) is -0.0827. The van der Waals surface area contributed by atoms with E-state index in [2.05, 4.69) is 0 Å². The average Bonchev–Trinajstić information content (AvgIpc) is 2.59. The Morgan fingerprint density at radius 2 is 1.78 bits per heavy atom. The highest BCUT2D eigenvalue weighted by molar-refractivity contribution is 5.76. The Hall–Kier alpha value is -2.43. The van der Waals surface area contributed by atoms with Crippen LogP contribution >= 0.6 is 0 Å². The third-order valence-corrected chi connectivity index (χ3v) is 4.80. The molecular weight excluding hydrogens is 350 g/mol. The van der Waals surface area contributed by atoms with Gasteiger partial charge in [-0.25, -0.2) is 8.78 Å². The molecule has 0 N–H and O–H groups in total. The zero-order valence-electron chi connectivity index (χ0n) is 16.7. The van der Waals surface area contributed by atoms with E-state index < -0.39 is 23.5 Å². The highest BCUT2D eigenvalue weighted by Gasteiger charge is 2.26. The quantitative estimate of drug-likeness (QED) is 0.614. The molecule has 3 nitrogen and oxygen atoms in total. The third kappa shape index (κ3) is 4.12. The number of carbonyl (C=O) groups is 1. The van der Waals surface area contributed by atoms with E-state index in [0.717, 1.165) is 11.1 Å². The zero-order valence-corrected chi connectivity index (χ0v) is 16.7. The Bertz CT molecular complexity index is 859. The number of halogens is 2. The van der Waals surface area contributed by atoms with Crippen LogP contribution in [0.2, 0.25) is 0 Å². The number of esters is 1. The Morgan fingerprint density at radius 3 is 2.37 bits per heavy atom. The fraction of sp³-hybridized carbons (Fsp3) is 0.409. The highest BCUT2D eigenvalue weighted by Crippen LogP contribution is 2.39. The molecule has 0 bridgehead atoms. The van der Waals surface area contributed by atoms with Crippen molar-refractivity contribution in [1.29, 1.82) is 0 Å². The van der Waals surface area contributed by atoms with Gasteiger partial charge in [0, 0.05) is 11.1 Å². The van der Waals surface area contributed by atoms with E-state index in [0.29, 0.717) is 22.4 Å². The van der Waals surface area contributed by atoms with Crippen molar-refractivity contribution in [2.75, 3.05) is 13.7 Å². The minimum absolute atomic E-state index is 0.0827. The molecule has 27 heavy (non-hydrogen) atoms. The van der Waals surface area contributed by atoms with E-state index in [-0.39, 0.29) is 18.6 Å². The number of carbonyl (C=O) groups excluding carboxylic acids is 1. The predicted octanol–water partition coefficient (Wildman–Crippen LogP) is 5.62. The first kappa shape index (κ1) is 20.9. The summed E-state index contributed by atoms with van der Waals surface area (Å²) in [6, 6.07) is 5.19. The first-order valence-electron chi connectivity index (χ1n) is 9.01. The first-order chi connectivity index (χ1) is 12.7. The summed E-state index contributed by atoms with van der Waals surface area (Å²) in [5.41, 5.74) is 2.89. The minimum Gasteiger partial charge on any atom is -0.496 e. The Kier molecular flexibility index (Phi) is 6.58. The molecule has 2 aromatic rings. The van der Waals surface area contributed by atoms with Crippen molar-refractivity contribution >= 4 is 5.97 Å². The van der Waals surface area contributed by atoms with E-state index in [1.54, 1.807) is 27.9 Å². The molecule has 0 heterocycles. The van der Waals surface area contributed by atoms with Gasteiger partial charge in [-0.2, -0.15) is 0 Å². The molecule has 0 aliphatic heterocycles. The molecule has 0 aliphatic rings. The van der Waals surface area contributed by atoms with Gasteiger partial charge >= 0.3 is 5.97 Å². The Morgan fingerprint density at radius 1 is 1.11 bits per heavy atom. The Balaban J connectivity index is 2.65. The van der Waals surface area contributed by atoms with Crippen molar-refractivity contribution in [2.24, 2.45) is 0 Å². The molecule has 1 atom stereocenters. The summed E-state index contributed by atoms with van der Waals surface area (Å²) in [4.78, 5) is 11.8. The number of methoxy groups -OCH3 is 1. The van der Waals surface area contributed by atoms with Gasteiger partial charge in [0.2, 0.25) is 0 Å². The molecule has 2 rings (SSSR count). The van der Waals surface area contributed by atoms with E-state index in [1.807, 2.05) is 26.0 Å². The van der Waals surface area contributed by atoms with Gasteiger partial charge in [-0.3, -0.25) is 4.79 Å². The second-order valence-corrected chi connectivity index (χ2v) is 6.78. The largest absolute Gasteiger partial charge is 0.496 e. The molecule has 0 saturated carbocycles. The summed E-state index contributed by atoms with van der Waals surface area (Å²) in [6.45, 7) is 8.89. The van der Waals surface area contributed by atoms with Gasteiger partial charge in [0.1, 0.15) is 17.4 Å². The maximum absolute atomic E-state index is 15.4. The van der Waals surface area contributed by atoms with Crippen LogP contribution in [0.5, 0.6) is 5.75 Å². The van der Waals surface area contributed by atoms with Gasteiger partial charge < -0.3 is 9.47 Å². The van der Waals surface area contributed by atoms with Gasteiger partial charge in [0.15, 0.2) is 0 Å². The second kappa shape index (κ2) is 8.51. The third-order valence-electron chi connectivity index (χ3n) is 4.80. The smallest absolute Gasteiger partial charge is 0.306 e. The maximum Gasteiger partial charge on any atom is 0.306 e. The molecule has 0 spiro atoms. The fourth-order valence-corrected chi connectivity index (χ4v) is 3.45. The lowest BCUT2D eigenvalue weighted by Crippen LogP contribution is -2.12. The maximum atomic E-state index is 15.4. The van der Waals surface area contributed by atoms with Crippen LogP contribution in [0.4, 0.5) is 8.78 Å². The number of aryl methyl sites for hydroxylation is 2. The molecule has 0 saturated heterocycles. The van der Waals surface area contributed by atoms with Gasteiger partial charge in [0.25, 0.3) is 0 Å². The number of hydrogen-bond acceptors (Lipinski definition) is 3. The normalized spacial score (nSPS) is 12.0. The number of rotatable bonds is 6. The van der Waals surface area contributed by atoms with Crippen LogP contribution in [-0.4, -0.2) is 19.7 Å². The number of ether oxygens (including phenoxy) is 2. The minimum atomic E-state index is -0.645. The van der Waals surface area contributed by atoms with Crippen LogP contribution in [0.25, 0.3) is 11.1 Å².